The van der Waals surface area contributed by atoms with E-state index in [2.05, 4.69) is 10.3 Å². The second kappa shape index (κ2) is 10.4. The van der Waals surface area contributed by atoms with Gasteiger partial charge < -0.3 is 15.1 Å². The number of aromatic nitrogens is 1. The van der Waals surface area contributed by atoms with Crippen LogP contribution in [0.4, 0.5) is 0 Å². The number of nitrogens with one attached hydrogen (secondary N) is 2. The summed E-state index contributed by atoms with van der Waals surface area (Å²) < 4.78 is 0. The van der Waals surface area contributed by atoms with Crippen molar-refractivity contribution in [3.05, 3.63) is 71.7 Å². The van der Waals surface area contributed by atoms with Crippen LogP contribution in [0.2, 0.25) is 0 Å². The largest absolute Gasteiger partial charge is 0.337 e. The number of hydrogen-bond donors (Lipinski definition) is 2. The highest BCUT2D eigenvalue weighted by atomic mass is 16.2. The van der Waals surface area contributed by atoms with E-state index in [0.29, 0.717) is 17.3 Å². The lowest BCUT2D eigenvalue weighted by Crippen LogP contribution is -3.16. The standard InChI is InChI=1S/C25H30N4O2/c30-24(21-9-3-1-4-10-21)27-23(18-20-8-7-13-26-19-20)25(31)29-16-11-22(12-17-29)28-14-5-2-6-15-28/h1,3-4,7-10,13,18-19,22H,2,5-6,11-12,14-17H2,(H,27,30)/p+1/b23-18-. The van der Waals surface area contributed by atoms with Gasteiger partial charge in [-0.15, -0.1) is 0 Å². The minimum atomic E-state index is -0.281. The summed E-state index contributed by atoms with van der Waals surface area (Å²) >= 11 is 0. The average Bonchev–Trinajstić information content (AvgIpc) is 2.85. The van der Waals surface area contributed by atoms with Crippen LogP contribution in [0.1, 0.15) is 48.0 Å². The fourth-order valence-electron chi connectivity index (χ4n) is 4.64. The summed E-state index contributed by atoms with van der Waals surface area (Å²) in [5.74, 6) is -0.406. The Bertz CT molecular complexity index is 900. The quantitative estimate of drug-likeness (QED) is 0.728. The molecular formula is C25H31N4O2+. The smallest absolute Gasteiger partial charge is 0.270 e. The van der Waals surface area contributed by atoms with Crippen molar-refractivity contribution in [3.8, 4) is 0 Å². The van der Waals surface area contributed by atoms with Crippen molar-refractivity contribution < 1.29 is 14.5 Å². The van der Waals surface area contributed by atoms with E-state index in [4.69, 9.17) is 0 Å². The maximum atomic E-state index is 13.4. The van der Waals surface area contributed by atoms with E-state index in [1.54, 1.807) is 35.5 Å². The molecule has 4 rings (SSSR count). The number of likely N-dealkylation sites (tertiary alicyclic amines) is 2. The first-order valence-electron chi connectivity index (χ1n) is 11.3. The molecule has 2 aromatic rings. The van der Waals surface area contributed by atoms with Crippen molar-refractivity contribution in [2.75, 3.05) is 26.2 Å². The normalized spacial score (nSPS) is 18.6. The van der Waals surface area contributed by atoms with Gasteiger partial charge in [0.1, 0.15) is 5.70 Å². The number of amides is 2. The van der Waals surface area contributed by atoms with Crippen LogP contribution in [0.25, 0.3) is 6.08 Å². The Labute approximate surface area is 184 Å². The first-order valence-corrected chi connectivity index (χ1v) is 11.3. The molecule has 2 N–H and O–H groups in total. The molecule has 2 aliphatic rings. The number of piperidine rings is 2. The Morgan fingerprint density at radius 1 is 1.00 bits per heavy atom. The summed E-state index contributed by atoms with van der Waals surface area (Å²) in [5.41, 5.74) is 1.61. The Hall–Kier alpha value is -2.99. The van der Waals surface area contributed by atoms with Crippen molar-refractivity contribution in [2.24, 2.45) is 0 Å². The minimum Gasteiger partial charge on any atom is -0.337 e. The van der Waals surface area contributed by atoms with E-state index in [-0.39, 0.29) is 11.8 Å². The molecule has 2 amide bonds. The van der Waals surface area contributed by atoms with Crippen molar-refractivity contribution >= 4 is 17.9 Å². The highest BCUT2D eigenvalue weighted by molar-refractivity contribution is 6.05. The van der Waals surface area contributed by atoms with Gasteiger partial charge in [0.2, 0.25) is 0 Å². The van der Waals surface area contributed by atoms with Gasteiger partial charge in [0, 0.05) is 43.9 Å². The van der Waals surface area contributed by atoms with E-state index in [1.807, 2.05) is 35.2 Å². The van der Waals surface area contributed by atoms with Gasteiger partial charge in [-0.3, -0.25) is 14.6 Å². The van der Waals surface area contributed by atoms with Gasteiger partial charge >= 0.3 is 0 Å². The maximum Gasteiger partial charge on any atom is 0.270 e. The third-order valence-electron chi connectivity index (χ3n) is 6.37. The summed E-state index contributed by atoms with van der Waals surface area (Å²) in [5, 5.41) is 2.85. The molecule has 2 aliphatic heterocycles. The lowest BCUT2D eigenvalue weighted by atomic mass is 9.99. The number of carbonyl (C=O) groups is 2. The molecule has 0 aliphatic carbocycles. The number of carbonyl (C=O) groups excluding carboxylic acids is 2. The van der Waals surface area contributed by atoms with Crippen LogP contribution in [0.5, 0.6) is 0 Å². The molecule has 31 heavy (non-hydrogen) atoms. The molecule has 1 aromatic carbocycles. The minimum absolute atomic E-state index is 0.125. The number of nitrogens with zero attached hydrogens (tertiary/aromatic N) is 2. The van der Waals surface area contributed by atoms with Crippen molar-refractivity contribution in [1.29, 1.82) is 0 Å². The summed E-state index contributed by atoms with van der Waals surface area (Å²) in [6.45, 7) is 3.99. The van der Waals surface area contributed by atoms with Crippen LogP contribution in [0.15, 0.2) is 60.6 Å². The van der Waals surface area contributed by atoms with Gasteiger partial charge in [-0.25, -0.2) is 0 Å². The first kappa shape index (κ1) is 21.2. The first-order chi connectivity index (χ1) is 15.2. The van der Waals surface area contributed by atoms with Crippen LogP contribution < -0.4 is 10.2 Å². The number of rotatable bonds is 5. The fraction of sp³-hybridized carbons (Fsp3) is 0.400. The van der Waals surface area contributed by atoms with Gasteiger partial charge in [-0.05, 0) is 49.1 Å². The van der Waals surface area contributed by atoms with Gasteiger partial charge in [0.05, 0.1) is 19.1 Å². The monoisotopic (exact) mass is 419 g/mol. The number of quaternary nitrogens is 1. The van der Waals surface area contributed by atoms with E-state index >= 15 is 0 Å². The van der Waals surface area contributed by atoms with Crippen LogP contribution in [0.3, 0.4) is 0 Å². The lowest BCUT2D eigenvalue weighted by molar-refractivity contribution is -0.931. The Kier molecular flexibility index (Phi) is 7.10. The molecule has 2 fully saturated rings. The predicted octanol–water partition coefficient (Wildman–Crippen LogP) is 1.91. The van der Waals surface area contributed by atoms with Crippen LogP contribution in [0, 0.1) is 0 Å². The van der Waals surface area contributed by atoms with E-state index < -0.39 is 0 Å². The molecule has 0 spiro atoms. The Balaban J connectivity index is 1.46. The van der Waals surface area contributed by atoms with E-state index in [0.717, 1.165) is 31.5 Å². The molecule has 1 aromatic heterocycles. The van der Waals surface area contributed by atoms with Crippen LogP contribution in [-0.2, 0) is 4.79 Å². The number of pyridine rings is 1. The molecule has 2 saturated heterocycles. The van der Waals surface area contributed by atoms with Crippen molar-refractivity contribution in [1.82, 2.24) is 15.2 Å². The summed E-state index contributed by atoms with van der Waals surface area (Å²) in [6.07, 6.45) is 11.1. The highest BCUT2D eigenvalue weighted by Crippen LogP contribution is 2.14. The highest BCUT2D eigenvalue weighted by Gasteiger charge is 2.31. The van der Waals surface area contributed by atoms with Crippen molar-refractivity contribution in [2.45, 2.75) is 38.1 Å². The third kappa shape index (κ3) is 5.58. The van der Waals surface area contributed by atoms with Gasteiger partial charge in [-0.2, -0.15) is 0 Å². The molecular weight excluding hydrogens is 388 g/mol. The molecule has 0 radical (unpaired) electrons. The van der Waals surface area contributed by atoms with Crippen molar-refractivity contribution in [3.63, 3.8) is 0 Å². The third-order valence-corrected chi connectivity index (χ3v) is 6.37. The maximum absolute atomic E-state index is 13.4. The zero-order chi connectivity index (χ0) is 21.5. The second-order valence-electron chi connectivity index (χ2n) is 8.45. The van der Waals surface area contributed by atoms with Gasteiger partial charge in [-0.1, -0.05) is 24.3 Å². The van der Waals surface area contributed by atoms with Gasteiger partial charge in [0.15, 0.2) is 0 Å². The molecule has 0 atom stereocenters. The molecule has 6 nitrogen and oxygen atoms in total. The topological polar surface area (TPSA) is 66.7 Å². The van der Waals surface area contributed by atoms with E-state index in [1.165, 1.54) is 32.4 Å². The molecule has 6 heteroatoms. The second-order valence-corrected chi connectivity index (χ2v) is 8.45. The summed E-state index contributed by atoms with van der Waals surface area (Å²) in [7, 11) is 0. The summed E-state index contributed by atoms with van der Waals surface area (Å²) in [4.78, 5) is 33.8. The SMILES string of the molecule is O=C(N/C(=C\c1cccnc1)C(=O)N1CCC([NH+]2CCCCC2)CC1)c1ccccc1. The number of benzene rings is 1. The lowest BCUT2D eigenvalue weighted by Gasteiger charge is -2.38. The van der Waals surface area contributed by atoms with Crippen LogP contribution >= 0.6 is 0 Å². The molecule has 162 valence electrons. The number of hydrogen-bond acceptors (Lipinski definition) is 3. The van der Waals surface area contributed by atoms with Gasteiger partial charge in [0.25, 0.3) is 11.8 Å². The zero-order valence-corrected chi connectivity index (χ0v) is 17.9. The zero-order valence-electron chi connectivity index (χ0n) is 17.9. The average molecular weight is 420 g/mol. The van der Waals surface area contributed by atoms with E-state index in [9.17, 15) is 9.59 Å². The molecule has 0 saturated carbocycles. The predicted molar refractivity (Wildman–Crippen MR) is 120 cm³/mol. The molecule has 3 heterocycles. The van der Waals surface area contributed by atoms with Crippen LogP contribution in [-0.4, -0.2) is 53.9 Å². The fourth-order valence-corrected chi connectivity index (χ4v) is 4.64. The Morgan fingerprint density at radius 2 is 1.74 bits per heavy atom. The Morgan fingerprint density at radius 3 is 2.42 bits per heavy atom. The molecule has 0 bridgehead atoms. The molecule has 0 unspecified atom stereocenters. The summed E-state index contributed by atoms with van der Waals surface area (Å²) in [6, 6.07) is 13.3.